The number of carbonyl (C=O) groups excluding carboxylic acids is 1. The average molecular weight is 583 g/mol. The van der Waals surface area contributed by atoms with Crippen LogP contribution in [0.1, 0.15) is 71.5 Å². The highest BCUT2D eigenvalue weighted by atomic mass is 35.5. The lowest BCUT2D eigenvalue weighted by atomic mass is 9.97. The number of nitrogens with zero attached hydrogens (tertiary/aromatic N) is 2. The number of rotatable bonds is 8. The first-order valence-corrected chi connectivity index (χ1v) is 14.0. The third-order valence-corrected chi connectivity index (χ3v) is 8.24. The van der Waals surface area contributed by atoms with Gasteiger partial charge in [0.1, 0.15) is 17.6 Å². The molecule has 0 spiro atoms. The molecule has 3 fully saturated rings. The number of piperidine rings is 1. The van der Waals surface area contributed by atoms with E-state index in [1.165, 1.54) is 17.0 Å². The summed E-state index contributed by atoms with van der Waals surface area (Å²) in [4.78, 5) is 27.9. The number of likely N-dealkylation sites (tertiary alicyclic amines) is 2. The summed E-state index contributed by atoms with van der Waals surface area (Å²) in [5.74, 6) is -1.64. The third kappa shape index (κ3) is 6.54. The Kier molecular flexibility index (Phi) is 8.29. The Morgan fingerprint density at radius 2 is 1.73 bits per heavy atom. The van der Waals surface area contributed by atoms with Crippen molar-refractivity contribution in [3.05, 3.63) is 63.4 Å². The second-order valence-electron chi connectivity index (χ2n) is 11.0. The van der Waals surface area contributed by atoms with Crippen molar-refractivity contribution in [3.8, 4) is 5.75 Å². The highest BCUT2D eigenvalue weighted by Crippen LogP contribution is 2.45. The smallest absolute Gasteiger partial charge is 0.416 e. The maximum Gasteiger partial charge on any atom is 0.416 e. The number of hydrogen-bond acceptors (Lipinski definition) is 4. The van der Waals surface area contributed by atoms with Crippen molar-refractivity contribution in [2.45, 2.75) is 63.2 Å². The number of carbonyl (C=O) groups is 2. The number of carboxylic acids is 1. The van der Waals surface area contributed by atoms with Gasteiger partial charge in [-0.15, -0.1) is 0 Å². The van der Waals surface area contributed by atoms with Gasteiger partial charge in [-0.05, 0) is 98.8 Å². The Bertz CT molecular complexity index is 1280. The zero-order valence-electron chi connectivity index (χ0n) is 21.9. The second kappa shape index (κ2) is 11.6. The van der Waals surface area contributed by atoms with Crippen LogP contribution in [0.3, 0.4) is 0 Å². The van der Waals surface area contributed by atoms with E-state index in [-0.39, 0.29) is 29.0 Å². The lowest BCUT2D eigenvalue weighted by Crippen LogP contribution is -2.40. The average Bonchev–Trinajstić information content (AvgIpc) is 3.61. The second-order valence-corrected chi connectivity index (χ2v) is 11.5. The topological polar surface area (TPSA) is 70.1 Å². The van der Waals surface area contributed by atoms with Crippen molar-refractivity contribution in [2.75, 3.05) is 26.2 Å². The molecule has 216 valence electrons. The Morgan fingerprint density at radius 1 is 1.00 bits per heavy atom. The number of alkyl halides is 3. The lowest BCUT2D eigenvalue weighted by Gasteiger charge is -2.32. The van der Waals surface area contributed by atoms with Crippen molar-refractivity contribution in [1.29, 1.82) is 0 Å². The minimum absolute atomic E-state index is 0.0571. The fourth-order valence-electron chi connectivity index (χ4n) is 5.68. The Balaban J connectivity index is 1.19. The molecule has 3 aliphatic rings. The van der Waals surface area contributed by atoms with Crippen LogP contribution >= 0.6 is 11.6 Å². The molecule has 40 heavy (non-hydrogen) atoms. The monoisotopic (exact) mass is 582 g/mol. The number of halogens is 5. The molecule has 11 heteroatoms. The van der Waals surface area contributed by atoms with Crippen LogP contribution in [0, 0.1) is 11.7 Å². The van der Waals surface area contributed by atoms with Crippen molar-refractivity contribution < 1.29 is 37.0 Å². The van der Waals surface area contributed by atoms with Gasteiger partial charge in [-0.1, -0.05) is 11.6 Å². The van der Waals surface area contributed by atoms with Crippen LogP contribution in [0.4, 0.5) is 17.6 Å². The largest absolute Gasteiger partial charge is 0.493 e. The van der Waals surface area contributed by atoms with Gasteiger partial charge in [-0.25, -0.2) is 9.18 Å². The van der Waals surface area contributed by atoms with Gasteiger partial charge in [0.05, 0.1) is 17.7 Å². The number of aliphatic carboxylic acids is 1. The molecule has 2 aromatic carbocycles. The molecule has 1 aliphatic carbocycles. The van der Waals surface area contributed by atoms with E-state index in [2.05, 4.69) is 4.90 Å². The highest BCUT2D eigenvalue weighted by molar-refractivity contribution is 6.30. The van der Waals surface area contributed by atoms with E-state index >= 15 is 4.39 Å². The lowest BCUT2D eigenvalue weighted by molar-refractivity contribution is -0.141. The molecule has 0 radical (unpaired) electrons. The Morgan fingerprint density at radius 3 is 2.38 bits per heavy atom. The number of benzene rings is 2. The SMILES string of the molecule is O=C(O)C1CCCN1C(=O)c1cc(C2CC2)c(OCC2CCN(Cc3cc(Cl)cc(C(F)(F)F)c3)CC2)cc1F. The molecular formula is C29H31ClF4N2O4. The molecule has 0 bridgehead atoms. The van der Waals surface area contributed by atoms with Crippen LogP contribution in [0.2, 0.25) is 5.02 Å². The first-order valence-electron chi connectivity index (χ1n) is 13.6. The van der Waals surface area contributed by atoms with Gasteiger partial charge in [0.25, 0.3) is 5.91 Å². The highest BCUT2D eigenvalue weighted by Gasteiger charge is 2.37. The van der Waals surface area contributed by atoms with E-state index in [0.29, 0.717) is 50.4 Å². The van der Waals surface area contributed by atoms with Gasteiger partial charge in [0, 0.05) is 24.2 Å². The number of ether oxygens (including phenoxy) is 1. The van der Waals surface area contributed by atoms with Crippen molar-refractivity contribution in [1.82, 2.24) is 9.80 Å². The molecule has 6 nitrogen and oxygen atoms in total. The Hall–Kier alpha value is -2.85. The fourth-order valence-corrected chi connectivity index (χ4v) is 5.94. The van der Waals surface area contributed by atoms with Crippen LogP contribution in [-0.2, 0) is 17.5 Å². The minimum Gasteiger partial charge on any atom is -0.493 e. The summed E-state index contributed by atoms with van der Waals surface area (Å²) in [5.41, 5.74) is 0.407. The third-order valence-electron chi connectivity index (χ3n) is 8.02. The van der Waals surface area contributed by atoms with Crippen LogP contribution in [-0.4, -0.2) is 59.1 Å². The quantitative estimate of drug-likeness (QED) is 0.367. The molecule has 2 aromatic rings. The van der Waals surface area contributed by atoms with E-state index in [1.807, 2.05) is 0 Å². The van der Waals surface area contributed by atoms with Gasteiger partial charge in [-0.2, -0.15) is 13.2 Å². The van der Waals surface area contributed by atoms with E-state index in [1.54, 1.807) is 6.07 Å². The predicted octanol–water partition coefficient (Wildman–Crippen LogP) is 6.36. The number of carboxylic acid groups (broad SMARTS) is 1. The van der Waals surface area contributed by atoms with Gasteiger partial charge in [-0.3, -0.25) is 9.69 Å². The van der Waals surface area contributed by atoms with E-state index in [4.69, 9.17) is 16.3 Å². The van der Waals surface area contributed by atoms with Crippen LogP contribution in [0.15, 0.2) is 30.3 Å². The van der Waals surface area contributed by atoms with Crippen LogP contribution in [0.25, 0.3) is 0 Å². The first-order chi connectivity index (χ1) is 19.0. The molecule has 5 rings (SSSR count). The zero-order chi connectivity index (χ0) is 28.6. The predicted molar refractivity (Wildman–Crippen MR) is 140 cm³/mol. The molecule has 1 unspecified atom stereocenters. The van der Waals surface area contributed by atoms with E-state index < -0.39 is 35.5 Å². The summed E-state index contributed by atoms with van der Waals surface area (Å²) in [6, 6.07) is 5.46. The molecule has 2 saturated heterocycles. The minimum atomic E-state index is -4.46. The maximum absolute atomic E-state index is 15.1. The Labute approximate surface area is 234 Å². The summed E-state index contributed by atoms with van der Waals surface area (Å²) < 4.78 is 60.6. The van der Waals surface area contributed by atoms with Crippen LogP contribution < -0.4 is 4.74 Å². The van der Waals surface area contributed by atoms with Gasteiger partial charge in [0.15, 0.2) is 0 Å². The number of amides is 1. The molecular weight excluding hydrogens is 552 g/mol. The molecule has 1 saturated carbocycles. The number of hydrogen-bond donors (Lipinski definition) is 1. The fraction of sp³-hybridized carbons (Fsp3) is 0.517. The van der Waals surface area contributed by atoms with Crippen molar-refractivity contribution >= 4 is 23.5 Å². The first kappa shape index (κ1) is 28.7. The molecule has 1 N–H and O–H groups in total. The van der Waals surface area contributed by atoms with E-state index in [0.717, 1.165) is 43.4 Å². The molecule has 0 aromatic heterocycles. The molecule has 1 amide bonds. The van der Waals surface area contributed by atoms with Crippen LogP contribution in [0.5, 0.6) is 5.75 Å². The summed E-state index contributed by atoms with van der Waals surface area (Å²) >= 11 is 5.92. The molecule has 1 atom stereocenters. The van der Waals surface area contributed by atoms with Crippen molar-refractivity contribution in [2.24, 2.45) is 5.92 Å². The normalized spacial score (nSPS) is 20.6. The standard InChI is InChI=1S/C29H31ClF4N2O4/c30-21-11-18(10-20(12-21)29(32,33)34)15-35-8-5-17(6-9-35)16-40-26-14-24(31)23(13-22(26)19-3-4-19)27(37)36-7-1-2-25(36)28(38)39/h10-14,17,19,25H,1-9,15-16H2,(H,38,39). The van der Waals surface area contributed by atoms with Gasteiger partial charge < -0.3 is 14.7 Å². The van der Waals surface area contributed by atoms with Gasteiger partial charge in [0.2, 0.25) is 0 Å². The van der Waals surface area contributed by atoms with Gasteiger partial charge >= 0.3 is 12.1 Å². The summed E-state index contributed by atoms with van der Waals surface area (Å²) in [5, 5.41) is 9.48. The summed E-state index contributed by atoms with van der Waals surface area (Å²) in [6.07, 6.45) is -0.168. The summed E-state index contributed by atoms with van der Waals surface area (Å²) in [6.45, 7) is 2.37. The molecule has 2 heterocycles. The summed E-state index contributed by atoms with van der Waals surface area (Å²) in [7, 11) is 0. The zero-order valence-corrected chi connectivity index (χ0v) is 22.6. The maximum atomic E-state index is 15.1. The molecule has 2 aliphatic heterocycles. The van der Waals surface area contributed by atoms with E-state index in [9.17, 15) is 27.9 Å². The van der Waals surface area contributed by atoms with Crippen molar-refractivity contribution in [3.63, 3.8) is 0 Å².